The highest BCUT2D eigenvalue weighted by atomic mass is 127. The van der Waals surface area contributed by atoms with Crippen molar-refractivity contribution in [3.05, 3.63) is 33.4 Å². The van der Waals surface area contributed by atoms with Crippen LogP contribution in [0.25, 0.3) is 0 Å². The van der Waals surface area contributed by atoms with E-state index in [1.807, 2.05) is 24.3 Å². The highest BCUT2D eigenvalue weighted by Crippen LogP contribution is 2.20. The van der Waals surface area contributed by atoms with Crippen molar-refractivity contribution in [1.82, 2.24) is 5.32 Å². The van der Waals surface area contributed by atoms with Gasteiger partial charge in [0.1, 0.15) is 5.60 Å². The molecule has 0 bridgehead atoms. The van der Waals surface area contributed by atoms with Gasteiger partial charge in [-0.05, 0) is 68.0 Å². The molecule has 0 fully saturated rings. The summed E-state index contributed by atoms with van der Waals surface area (Å²) < 4.78 is 11.3. The van der Waals surface area contributed by atoms with E-state index in [1.54, 1.807) is 27.7 Å². The van der Waals surface area contributed by atoms with Crippen LogP contribution in [0.5, 0.6) is 0 Å². The molecule has 1 aromatic rings. The fraction of sp³-hybridized carbons (Fsp3) is 0.500. The van der Waals surface area contributed by atoms with Crippen LogP contribution in [0, 0.1) is 3.57 Å². The molecule has 5 nitrogen and oxygen atoms in total. The van der Waals surface area contributed by atoms with Crippen LogP contribution in [0.3, 0.4) is 0 Å². The number of benzene rings is 1. The molecule has 6 heteroatoms. The van der Waals surface area contributed by atoms with Gasteiger partial charge >= 0.3 is 12.1 Å². The number of carbonyl (C=O) groups is 2. The van der Waals surface area contributed by atoms with Gasteiger partial charge in [-0.25, -0.2) is 4.79 Å². The summed E-state index contributed by atoms with van der Waals surface area (Å²) in [6.45, 7) is 7.43. The van der Waals surface area contributed by atoms with E-state index in [1.165, 1.54) is 0 Å². The lowest BCUT2D eigenvalue weighted by Crippen LogP contribution is -2.36. The second-order valence-corrected chi connectivity index (χ2v) is 7.01. The molecule has 0 spiro atoms. The number of hydrogen-bond acceptors (Lipinski definition) is 4. The number of nitrogens with one attached hydrogen (secondary N) is 1. The molecule has 0 saturated heterocycles. The summed E-state index contributed by atoms with van der Waals surface area (Å²) in [5, 5.41) is 2.73. The molecule has 0 heterocycles. The molecule has 1 aromatic carbocycles. The molecular formula is C16H22INO4. The highest BCUT2D eigenvalue weighted by Gasteiger charge is 2.23. The van der Waals surface area contributed by atoms with E-state index in [-0.39, 0.29) is 12.4 Å². The third-order valence-electron chi connectivity index (χ3n) is 2.64. The minimum Gasteiger partial charge on any atom is -0.466 e. The summed E-state index contributed by atoms with van der Waals surface area (Å²) in [7, 11) is 0. The van der Waals surface area contributed by atoms with Gasteiger partial charge in [-0.2, -0.15) is 0 Å². The van der Waals surface area contributed by atoms with E-state index in [9.17, 15) is 9.59 Å². The summed E-state index contributed by atoms with van der Waals surface area (Å²) in [5.41, 5.74) is 0.240. The Labute approximate surface area is 144 Å². The molecule has 22 heavy (non-hydrogen) atoms. The van der Waals surface area contributed by atoms with Gasteiger partial charge in [0.2, 0.25) is 0 Å². The van der Waals surface area contributed by atoms with E-state index >= 15 is 0 Å². The maximum absolute atomic E-state index is 12.0. The van der Waals surface area contributed by atoms with Crippen molar-refractivity contribution in [2.75, 3.05) is 6.61 Å². The van der Waals surface area contributed by atoms with E-state index in [0.29, 0.717) is 6.61 Å². The third-order valence-corrected chi connectivity index (χ3v) is 3.36. The molecular weight excluding hydrogens is 397 g/mol. The Morgan fingerprint density at radius 3 is 2.32 bits per heavy atom. The standard InChI is InChI=1S/C16H22INO4/c1-5-21-14(19)10-13(11-6-8-12(17)9-7-11)18-15(20)22-16(2,3)4/h6-9,13H,5,10H2,1-4H3,(H,18,20). The van der Waals surface area contributed by atoms with Crippen LogP contribution >= 0.6 is 22.6 Å². The maximum Gasteiger partial charge on any atom is 0.408 e. The molecule has 0 aliphatic heterocycles. The largest absolute Gasteiger partial charge is 0.466 e. The fourth-order valence-electron chi connectivity index (χ4n) is 1.78. The Bertz CT molecular complexity index is 508. The number of esters is 1. The predicted molar refractivity (Wildman–Crippen MR) is 92.5 cm³/mol. The van der Waals surface area contributed by atoms with E-state index < -0.39 is 17.7 Å². The lowest BCUT2D eigenvalue weighted by Gasteiger charge is -2.23. The molecule has 0 aliphatic carbocycles. The van der Waals surface area contributed by atoms with Crippen LogP contribution in [0.15, 0.2) is 24.3 Å². The molecule has 1 rings (SSSR count). The highest BCUT2D eigenvalue weighted by molar-refractivity contribution is 14.1. The number of rotatable bonds is 5. The molecule has 0 saturated carbocycles. The van der Waals surface area contributed by atoms with Gasteiger partial charge in [-0.1, -0.05) is 12.1 Å². The van der Waals surface area contributed by atoms with Crippen molar-refractivity contribution in [3.63, 3.8) is 0 Å². The lowest BCUT2D eigenvalue weighted by atomic mass is 10.0. The molecule has 0 radical (unpaired) electrons. The van der Waals surface area contributed by atoms with Crippen molar-refractivity contribution < 1.29 is 19.1 Å². The van der Waals surface area contributed by atoms with Gasteiger partial charge in [0, 0.05) is 3.57 Å². The Morgan fingerprint density at radius 2 is 1.82 bits per heavy atom. The summed E-state index contributed by atoms with van der Waals surface area (Å²) in [5.74, 6) is -0.359. The van der Waals surface area contributed by atoms with E-state index in [2.05, 4.69) is 27.9 Å². The summed E-state index contributed by atoms with van der Waals surface area (Å²) in [4.78, 5) is 23.7. The second kappa shape index (κ2) is 8.36. The van der Waals surface area contributed by atoms with Crippen LogP contribution < -0.4 is 5.32 Å². The minimum absolute atomic E-state index is 0.0632. The fourth-order valence-corrected chi connectivity index (χ4v) is 2.14. The number of carbonyl (C=O) groups excluding carboxylic acids is 2. The number of alkyl carbamates (subject to hydrolysis) is 1. The Morgan fingerprint density at radius 1 is 1.23 bits per heavy atom. The second-order valence-electron chi connectivity index (χ2n) is 5.76. The SMILES string of the molecule is CCOC(=O)CC(NC(=O)OC(C)(C)C)c1ccc(I)cc1. The zero-order valence-corrected chi connectivity index (χ0v) is 15.5. The quantitative estimate of drug-likeness (QED) is 0.583. The average molecular weight is 419 g/mol. The van der Waals surface area contributed by atoms with E-state index in [4.69, 9.17) is 9.47 Å². The van der Waals surface area contributed by atoms with Crippen LogP contribution in [0.1, 0.15) is 45.7 Å². The van der Waals surface area contributed by atoms with Gasteiger partial charge in [0.25, 0.3) is 0 Å². The zero-order chi connectivity index (χ0) is 16.8. The first kappa shape index (κ1) is 18.7. The van der Waals surface area contributed by atoms with Crippen molar-refractivity contribution in [1.29, 1.82) is 0 Å². The number of amides is 1. The number of ether oxygens (including phenoxy) is 2. The van der Waals surface area contributed by atoms with Crippen LogP contribution in [0.2, 0.25) is 0 Å². The molecule has 0 aliphatic rings. The third kappa shape index (κ3) is 7.11. The average Bonchev–Trinajstić information content (AvgIpc) is 2.36. The predicted octanol–water partition coefficient (Wildman–Crippen LogP) is 3.81. The monoisotopic (exact) mass is 419 g/mol. The Kier molecular flexibility index (Phi) is 7.12. The normalized spacial score (nSPS) is 12.4. The van der Waals surface area contributed by atoms with Gasteiger partial charge in [0.05, 0.1) is 19.1 Å². The van der Waals surface area contributed by atoms with Gasteiger partial charge in [-0.15, -0.1) is 0 Å². The van der Waals surface area contributed by atoms with Crippen molar-refractivity contribution in [3.8, 4) is 0 Å². The smallest absolute Gasteiger partial charge is 0.408 e. The van der Waals surface area contributed by atoms with Crippen molar-refractivity contribution in [2.24, 2.45) is 0 Å². The summed E-state index contributed by atoms with van der Waals surface area (Å²) in [6, 6.07) is 7.12. The summed E-state index contributed by atoms with van der Waals surface area (Å²) >= 11 is 2.20. The molecule has 1 unspecified atom stereocenters. The molecule has 1 N–H and O–H groups in total. The molecule has 122 valence electrons. The van der Waals surface area contributed by atoms with Gasteiger partial charge in [-0.3, -0.25) is 4.79 Å². The molecule has 0 aromatic heterocycles. The first-order valence-electron chi connectivity index (χ1n) is 7.12. The van der Waals surface area contributed by atoms with Crippen LogP contribution in [-0.2, 0) is 14.3 Å². The van der Waals surface area contributed by atoms with Crippen molar-refractivity contribution >= 4 is 34.7 Å². The zero-order valence-electron chi connectivity index (χ0n) is 13.3. The van der Waals surface area contributed by atoms with Crippen LogP contribution in [-0.4, -0.2) is 24.3 Å². The first-order valence-corrected chi connectivity index (χ1v) is 8.19. The topological polar surface area (TPSA) is 64.6 Å². The number of halogens is 1. The summed E-state index contributed by atoms with van der Waals surface area (Å²) in [6.07, 6.45) is -0.492. The van der Waals surface area contributed by atoms with Crippen LogP contribution in [0.4, 0.5) is 4.79 Å². The molecule has 1 atom stereocenters. The van der Waals surface area contributed by atoms with Gasteiger partial charge < -0.3 is 14.8 Å². The lowest BCUT2D eigenvalue weighted by molar-refractivity contribution is -0.143. The maximum atomic E-state index is 12.0. The Balaban J connectivity index is 2.84. The van der Waals surface area contributed by atoms with E-state index in [0.717, 1.165) is 9.13 Å². The number of hydrogen-bond donors (Lipinski definition) is 1. The molecule has 1 amide bonds. The van der Waals surface area contributed by atoms with Gasteiger partial charge in [0.15, 0.2) is 0 Å². The Hall–Kier alpha value is -1.31. The first-order chi connectivity index (χ1) is 10.2. The van der Waals surface area contributed by atoms with Crippen molar-refractivity contribution in [2.45, 2.75) is 45.8 Å². The minimum atomic E-state index is -0.593.